The number of anilines is 1. The quantitative estimate of drug-likeness (QED) is 0.746. The van der Waals surface area contributed by atoms with Gasteiger partial charge >= 0.3 is 0 Å². The van der Waals surface area contributed by atoms with Crippen LogP contribution in [0, 0.1) is 4.77 Å². The van der Waals surface area contributed by atoms with Gasteiger partial charge in [0.1, 0.15) is 5.82 Å². The number of nitrogens with two attached hydrogens (primary N) is 1. The Hall–Kier alpha value is -2.19. The molecule has 2 aromatic rings. The van der Waals surface area contributed by atoms with Crippen molar-refractivity contribution in [2.24, 2.45) is 5.73 Å². The first-order valence-corrected chi connectivity index (χ1v) is 9.46. The molecule has 1 aliphatic rings. The number of aryl methyl sites for hydroxylation is 1. The van der Waals surface area contributed by atoms with Gasteiger partial charge in [-0.15, -0.1) is 0 Å². The van der Waals surface area contributed by atoms with Gasteiger partial charge in [0, 0.05) is 51.3 Å². The van der Waals surface area contributed by atoms with E-state index in [2.05, 4.69) is 39.2 Å². The summed E-state index contributed by atoms with van der Waals surface area (Å²) in [5, 5.41) is 4.64. The van der Waals surface area contributed by atoms with Crippen molar-refractivity contribution >= 4 is 23.8 Å². The highest BCUT2D eigenvalue weighted by molar-refractivity contribution is 7.71. The predicted molar refractivity (Wildman–Crippen MR) is 104 cm³/mol. The van der Waals surface area contributed by atoms with E-state index >= 15 is 0 Å². The lowest BCUT2D eigenvalue weighted by atomic mass is 10.2. The summed E-state index contributed by atoms with van der Waals surface area (Å²) < 4.78 is 4.56. The van der Waals surface area contributed by atoms with E-state index in [4.69, 9.17) is 18.0 Å². The SMILES string of the molecule is CCn1c(CCC(N)=O)nn(CN2CCN(c3ccccc3)CC2)c1=S. The molecular weight excluding hydrogens is 348 g/mol. The minimum atomic E-state index is -0.315. The van der Waals surface area contributed by atoms with Crippen molar-refractivity contribution < 1.29 is 4.79 Å². The molecule has 0 spiro atoms. The zero-order chi connectivity index (χ0) is 18.5. The highest BCUT2D eigenvalue weighted by atomic mass is 32.1. The molecule has 0 bridgehead atoms. The Kier molecular flexibility index (Phi) is 6.05. The summed E-state index contributed by atoms with van der Waals surface area (Å²) in [6.07, 6.45) is 0.823. The molecule has 0 saturated carbocycles. The number of hydrogen-bond acceptors (Lipinski definition) is 5. The Bertz CT molecular complexity index is 792. The number of nitrogens with zero attached hydrogens (tertiary/aromatic N) is 5. The summed E-state index contributed by atoms with van der Waals surface area (Å²) in [7, 11) is 0. The van der Waals surface area contributed by atoms with Crippen LogP contribution in [0.2, 0.25) is 0 Å². The van der Waals surface area contributed by atoms with Gasteiger partial charge in [-0.2, -0.15) is 5.10 Å². The van der Waals surface area contributed by atoms with Gasteiger partial charge in [-0.25, -0.2) is 4.68 Å². The van der Waals surface area contributed by atoms with Crippen LogP contribution in [0.4, 0.5) is 5.69 Å². The highest BCUT2D eigenvalue weighted by Crippen LogP contribution is 2.16. The number of carbonyl (C=O) groups is 1. The van der Waals surface area contributed by atoms with Crippen LogP contribution in [0.15, 0.2) is 30.3 Å². The molecule has 8 heteroatoms. The van der Waals surface area contributed by atoms with E-state index in [0.29, 0.717) is 24.3 Å². The van der Waals surface area contributed by atoms with Gasteiger partial charge in [0.15, 0.2) is 4.77 Å². The molecule has 7 nitrogen and oxygen atoms in total. The maximum absolute atomic E-state index is 11.1. The van der Waals surface area contributed by atoms with Crippen LogP contribution in [0.5, 0.6) is 0 Å². The molecule has 0 radical (unpaired) electrons. The Balaban J connectivity index is 1.63. The molecule has 2 heterocycles. The monoisotopic (exact) mass is 374 g/mol. The first-order valence-electron chi connectivity index (χ1n) is 9.05. The lowest BCUT2D eigenvalue weighted by Gasteiger charge is -2.35. The fourth-order valence-corrected chi connectivity index (χ4v) is 3.62. The summed E-state index contributed by atoms with van der Waals surface area (Å²) >= 11 is 5.57. The molecule has 1 aromatic heterocycles. The predicted octanol–water partition coefficient (Wildman–Crippen LogP) is 1.63. The zero-order valence-corrected chi connectivity index (χ0v) is 16.0. The fourth-order valence-electron chi connectivity index (χ4n) is 3.29. The Labute approximate surface area is 159 Å². The molecule has 1 saturated heterocycles. The molecule has 1 amide bonds. The number of piperazine rings is 1. The van der Waals surface area contributed by atoms with Gasteiger partial charge in [-0.3, -0.25) is 9.69 Å². The van der Waals surface area contributed by atoms with Crippen molar-refractivity contribution in [3.05, 3.63) is 40.9 Å². The Morgan fingerprint density at radius 1 is 1.19 bits per heavy atom. The smallest absolute Gasteiger partial charge is 0.217 e. The molecule has 0 atom stereocenters. The Morgan fingerprint density at radius 2 is 1.88 bits per heavy atom. The molecule has 3 rings (SSSR count). The molecule has 1 aliphatic heterocycles. The van der Waals surface area contributed by atoms with E-state index in [0.717, 1.165) is 38.5 Å². The molecule has 26 heavy (non-hydrogen) atoms. The molecule has 2 N–H and O–H groups in total. The number of carbonyl (C=O) groups excluding carboxylic acids is 1. The summed E-state index contributed by atoms with van der Waals surface area (Å²) in [4.78, 5) is 15.8. The second-order valence-corrected chi connectivity index (χ2v) is 6.86. The van der Waals surface area contributed by atoms with Crippen molar-refractivity contribution in [1.82, 2.24) is 19.2 Å². The number of hydrogen-bond donors (Lipinski definition) is 1. The van der Waals surface area contributed by atoms with Crippen LogP contribution in [0.25, 0.3) is 0 Å². The van der Waals surface area contributed by atoms with Crippen LogP contribution >= 0.6 is 12.2 Å². The Morgan fingerprint density at radius 3 is 2.50 bits per heavy atom. The molecule has 140 valence electrons. The third-order valence-corrected chi connectivity index (χ3v) is 5.17. The number of aromatic nitrogens is 3. The summed E-state index contributed by atoms with van der Waals surface area (Å²) in [6.45, 7) is 7.36. The lowest BCUT2D eigenvalue weighted by Crippen LogP contribution is -2.47. The van der Waals surface area contributed by atoms with Crippen LogP contribution < -0.4 is 10.6 Å². The lowest BCUT2D eigenvalue weighted by molar-refractivity contribution is -0.118. The average molecular weight is 375 g/mol. The van der Waals surface area contributed by atoms with Crippen LogP contribution in [-0.2, 0) is 24.4 Å². The molecule has 0 unspecified atom stereocenters. The van der Waals surface area contributed by atoms with E-state index in [9.17, 15) is 4.79 Å². The number of benzene rings is 1. The van der Waals surface area contributed by atoms with Gasteiger partial charge in [0.2, 0.25) is 5.91 Å². The summed E-state index contributed by atoms with van der Waals surface area (Å²) in [6, 6.07) is 10.5. The number of primary amides is 1. The summed E-state index contributed by atoms with van der Waals surface area (Å²) in [5.41, 5.74) is 6.54. The molecule has 1 fully saturated rings. The number of amides is 1. The third-order valence-electron chi connectivity index (χ3n) is 4.74. The van der Waals surface area contributed by atoms with Gasteiger partial charge in [-0.05, 0) is 31.3 Å². The fraction of sp³-hybridized carbons (Fsp3) is 0.500. The van der Waals surface area contributed by atoms with Gasteiger partial charge < -0.3 is 15.2 Å². The molecule has 1 aromatic carbocycles. The van der Waals surface area contributed by atoms with Gasteiger partial charge in [0.25, 0.3) is 0 Å². The third kappa shape index (κ3) is 4.31. The largest absolute Gasteiger partial charge is 0.370 e. The van der Waals surface area contributed by atoms with Crippen LogP contribution in [-0.4, -0.2) is 51.3 Å². The van der Waals surface area contributed by atoms with E-state index in [-0.39, 0.29) is 5.91 Å². The van der Waals surface area contributed by atoms with E-state index in [1.807, 2.05) is 22.2 Å². The standard InChI is InChI=1S/C18H26N6OS/c1-2-23-17(9-8-16(19)25)20-24(18(23)26)14-21-10-12-22(13-11-21)15-6-4-3-5-7-15/h3-7H,2,8-14H2,1H3,(H2,19,25). The van der Waals surface area contributed by atoms with E-state index in [1.165, 1.54) is 5.69 Å². The zero-order valence-electron chi connectivity index (χ0n) is 15.2. The second kappa shape index (κ2) is 8.46. The number of para-hydroxylation sites is 1. The second-order valence-electron chi connectivity index (χ2n) is 6.49. The van der Waals surface area contributed by atoms with E-state index < -0.39 is 0 Å². The number of rotatable bonds is 7. The first-order chi connectivity index (χ1) is 12.6. The van der Waals surface area contributed by atoms with Crippen molar-refractivity contribution in [1.29, 1.82) is 0 Å². The molecular formula is C18H26N6OS. The summed E-state index contributed by atoms with van der Waals surface area (Å²) in [5.74, 6) is 0.518. The van der Waals surface area contributed by atoms with Gasteiger partial charge in [-0.1, -0.05) is 18.2 Å². The maximum atomic E-state index is 11.1. The van der Waals surface area contributed by atoms with E-state index in [1.54, 1.807) is 0 Å². The normalized spacial score (nSPS) is 15.3. The minimum Gasteiger partial charge on any atom is -0.370 e. The van der Waals surface area contributed by atoms with Crippen LogP contribution in [0.1, 0.15) is 19.2 Å². The maximum Gasteiger partial charge on any atom is 0.217 e. The van der Waals surface area contributed by atoms with Crippen molar-refractivity contribution in [3.8, 4) is 0 Å². The topological polar surface area (TPSA) is 72.3 Å². The highest BCUT2D eigenvalue weighted by Gasteiger charge is 2.19. The molecule has 0 aliphatic carbocycles. The minimum absolute atomic E-state index is 0.293. The van der Waals surface area contributed by atoms with Gasteiger partial charge in [0.05, 0.1) is 6.67 Å². The van der Waals surface area contributed by atoms with Crippen molar-refractivity contribution in [2.75, 3.05) is 31.1 Å². The first kappa shape index (κ1) is 18.6. The van der Waals surface area contributed by atoms with Crippen molar-refractivity contribution in [3.63, 3.8) is 0 Å². The van der Waals surface area contributed by atoms with Crippen molar-refractivity contribution in [2.45, 2.75) is 33.0 Å². The average Bonchev–Trinajstić information content (AvgIpc) is 2.96. The van der Waals surface area contributed by atoms with Crippen LogP contribution in [0.3, 0.4) is 0 Å².